The molecule has 0 aliphatic carbocycles. The van der Waals surface area contributed by atoms with Gasteiger partial charge in [0.25, 0.3) is 0 Å². The van der Waals surface area contributed by atoms with Crippen LogP contribution in [-0.4, -0.2) is 13.1 Å². The minimum atomic E-state index is -0.723. The Morgan fingerprint density at radius 3 is 2.88 bits per heavy atom. The van der Waals surface area contributed by atoms with Gasteiger partial charge in [0, 0.05) is 0 Å². The van der Waals surface area contributed by atoms with Crippen LogP contribution >= 0.6 is 0 Å². The SMILES string of the molecule is Cc1cc(F)c(F)c(CC2CCCNC2)c1. The molecule has 1 N–H and O–H groups in total. The molecule has 1 aliphatic rings. The van der Waals surface area contributed by atoms with Gasteiger partial charge in [-0.15, -0.1) is 0 Å². The van der Waals surface area contributed by atoms with Crippen molar-refractivity contribution in [1.29, 1.82) is 0 Å². The van der Waals surface area contributed by atoms with Crippen molar-refractivity contribution < 1.29 is 8.78 Å². The van der Waals surface area contributed by atoms with E-state index in [1.54, 1.807) is 13.0 Å². The van der Waals surface area contributed by atoms with E-state index in [0.717, 1.165) is 31.5 Å². The predicted molar refractivity (Wildman–Crippen MR) is 60.4 cm³/mol. The highest BCUT2D eigenvalue weighted by Gasteiger charge is 2.17. The van der Waals surface area contributed by atoms with Gasteiger partial charge in [-0.1, -0.05) is 6.07 Å². The van der Waals surface area contributed by atoms with Gasteiger partial charge in [-0.3, -0.25) is 0 Å². The molecule has 16 heavy (non-hydrogen) atoms. The third-order valence-electron chi connectivity index (χ3n) is 3.16. The summed E-state index contributed by atoms with van der Waals surface area (Å²) in [6.45, 7) is 3.75. The number of hydrogen-bond donors (Lipinski definition) is 1. The first kappa shape index (κ1) is 11.5. The molecule has 1 saturated heterocycles. The second kappa shape index (κ2) is 4.91. The molecule has 2 rings (SSSR count). The van der Waals surface area contributed by atoms with Crippen LogP contribution in [0.15, 0.2) is 12.1 Å². The van der Waals surface area contributed by atoms with Gasteiger partial charge in [-0.25, -0.2) is 8.78 Å². The topological polar surface area (TPSA) is 12.0 Å². The van der Waals surface area contributed by atoms with Gasteiger partial charge in [0.2, 0.25) is 0 Å². The number of nitrogens with one attached hydrogen (secondary N) is 1. The molecule has 1 heterocycles. The number of aryl methyl sites for hydroxylation is 1. The summed E-state index contributed by atoms with van der Waals surface area (Å²) < 4.78 is 26.7. The zero-order valence-electron chi connectivity index (χ0n) is 9.52. The highest BCUT2D eigenvalue weighted by molar-refractivity contribution is 5.26. The van der Waals surface area contributed by atoms with E-state index in [9.17, 15) is 8.78 Å². The Hall–Kier alpha value is -0.960. The minimum Gasteiger partial charge on any atom is -0.316 e. The van der Waals surface area contributed by atoms with E-state index >= 15 is 0 Å². The monoisotopic (exact) mass is 225 g/mol. The maximum atomic E-state index is 13.5. The average molecular weight is 225 g/mol. The summed E-state index contributed by atoms with van der Waals surface area (Å²) in [6.07, 6.45) is 2.86. The average Bonchev–Trinajstić information content (AvgIpc) is 2.27. The Balaban J connectivity index is 2.13. The molecule has 1 aromatic carbocycles. The molecule has 0 spiro atoms. The molecular formula is C13H17F2N. The van der Waals surface area contributed by atoms with Gasteiger partial charge in [-0.2, -0.15) is 0 Å². The summed E-state index contributed by atoms with van der Waals surface area (Å²) in [7, 11) is 0. The van der Waals surface area contributed by atoms with Gasteiger partial charge in [0.05, 0.1) is 0 Å². The first-order valence-corrected chi connectivity index (χ1v) is 5.82. The van der Waals surface area contributed by atoms with E-state index in [1.165, 1.54) is 6.07 Å². The Morgan fingerprint density at radius 2 is 2.19 bits per heavy atom. The summed E-state index contributed by atoms with van der Waals surface area (Å²) >= 11 is 0. The van der Waals surface area contributed by atoms with E-state index in [2.05, 4.69) is 5.32 Å². The number of rotatable bonds is 2. The standard InChI is InChI=1S/C13H17F2N/c1-9-5-11(13(15)12(14)6-9)7-10-3-2-4-16-8-10/h5-6,10,16H,2-4,7-8H2,1H3. The van der Waals surface area contributed by atoms with Crippen molar-refractivity contribution in [1.82, 2.24) is 5.32 Å². The van der Waals surface area contributed by atoms with Crippen LogP contribution in [0.1, 0.15) is 24.0 Å². The predicted octanol–water partition coefficient (Wildman–Crippen LogP) is 2.82. The Kier molecular flexibility index (Phi) is 3.54. The van der Waals surface area contributed by atoms with E-state index in [4.69, 9.17) is 0 Å². The van der Waals surface area contributed by atoms with E-state index < -0.39 is 11.6 Å². The zero-order valence-corrected chi connectivity index (χ0v) is 9.52. The van der Waals surface area contributed by atoms with E-state index in [-0.39, 0.29) is 0 Å². The fourth-order valence-corrected chi connectivity index (χ4v) is 2.35. The molecule has 0 bridgehead atoms. The van der Waals surface area contributed by atoms with Crippen molar-refractivity contribution in [3.05, 3.63) is 34.9 Å². The van der Waals surface area contributed by atoms with Crippen LogP contribution < -0.4 is 5.32 Å². The van der Waals surface area contributed by atoms with Gasteiger partial charge in [-0.05, 0) is 62.4 Å². The van der Waals surface area contributed by atoms with Crippen LogP contribution in [0.2, 0.25) is 0 Å². The highest BCUT2D eigenvalue weighted by Crippen LogP contribution is 2.21. The molecule has 88 valence electrons. The Bertz CT molecular complexity index is 370. The third-order valence-corrected chi connectivity index (χ3v) is 3.16. The lowest BCUT2D eigenvalue weighted by atomic mass is 9.91. The maximum Gasteiger partial charge on any atom is 0.162 e. The van der Waals surface area contributed by atoms with E-state index in [1.807, 2.05) is 0 Å². The lowest BCUT2D eigenvalue weighted by Crippen LogP contribution is -2.31. The van der Waals surface area contributed by atoms with Crippen LogP contribution in [0.25, 0.3) is 0 Å². The zero-order chi connectivity index (χ0) is 11.5. The first-order valence-electron chi connectivity index (χ1n) is 5.82. The number of piperidine rings is 1. The quantitative estimate of drug-likeness (QED) is 0.816. The minimum absolute atomic E-state index is 0.435. The van der Waals surface area contributed by atoms with Crippen molar-refractivity contribution in [2.24, 2.45) is 5.92 Å². The van der Waals surface area contributed by atoms with Crippen molar-refractivity contribution in [2.75, 3.05) is 13.1 Å². The third kappa shape index (κ3) is 2.59. The molecule has 1 nitrogen and oxygen atoms in total. The number of halogens is 2. The fourth-order valence-electron chi connectivity index (χ4n) is 2.35. The lowest BCUT2D eigenvalue weighted by molar-refractivity contribution is 0.369. The Morgan fingerprint density at radius 1 is 1.38 bits per heavy atom. The molecular weight excluding hydrogens is 208 g/mol. The maximum absolute atomic E-state index is 13.5. The van der Waals surface area contributed by atoms with Gasteiger partial charge < -0.3 is 5.32 Å². The molecule has 0 radical (unpaired) electrons. The molecule has 1 unspecified atom stereocenters. The molecule has 0 aromatic heterocycles. The smallest absolute Gasteiger partial charge is 0.162 e. The molecule has 1 aliphatic heterocycles. The van der Waals surface area contributed by atoms with Crippen LogP contribution in [0, 0.1) is 24.5 Å². The van der Waals surface area contributed by atoms with Crippen LogP contribution in [0.5, 0.6) is 0 Å². The number of benzene rings is 1. The van der Waals surface area contributed by atoms with Crippen molar-refractivity contribution in [2.45, 2.75) is 26.2 Å². The summed E-state index contributed by atoms with van der Waals surface area (Å²) in [4.78, 5) is 0. The van der Waals surface area contributed by atoms with Gasteiger partial charge in [0.1, 0.15) is 0 Å². The highest BCUT2D eigenvalue weighted by atomic mass is 19.2. The summed E-state index contributed by atoms with van der Waals surface area (Å²) in [5.41, 5.74) is 1.31. The van der Waals surface area contributed by atoms with Crippen LogP contribution in [-0.2, 0) is 6.42 Å². The Labute approximate surface area is 94.9 Å². The molecule has 1 atom stereocenters. The lowest BCUT2D eigenvalue weighted by Gasteiger charge is -2.23. The molecule has 1 fully saturated rings. The van der Waals surface area contributed by atoms with Crippen molar-refractivity contribution in [3.8, 4) is 0 Å². The second-order valence-corrected chi connectivity index (χ2v) is 4.64. The van der Waals surface area contributed by atoms with Crippen molar-refractivity contribution >= 4 is 0 Å². The molecule has 3 heteroatoms. The van der Waals surface area contributed by atoms with Crippen LogP contribution in [0.3, 0.4) is 0 Å². The van der Waals surface area contributed by atoms with Crippen molar-refractivity contribution in [3.63, 3.8) is 0 Å². The summed E-state index contributed by atoms with van der Waals surface area (Å²) in [5, 5.41) is 3.29. The fraction of sp³-hybridized carbons (Fsp3) is 0.538. The first-order chi connectivity index (χ1) is 7.66. The van der Waals surface area contributed by atoms with Gasteiger partial charge in [0.15, 0.2) is 11.6 Å². The van der Waals surface area contributed by atoms with Crippen LogP contribution in [0.4, 0.5) is 8.78 Å². The van der Waals surface area contributed by atoms with E-state index in [0.29, 0.717) is 17.9 Å². The summed E-state index contributed by atoms with van der Waals surface area (Å²) in [5.74, 6) is -0.959. The normalized spacial score (nSPS) is 21.1. The molecule has 1 aromatic rings. The second-order valence-electron chi connectivity index (χ2n) is 4.64. The van der Waals surface area contributed by atoms with Gasteiger partial charge >= 0.3 is 0 Å². The molecule has 0 saturated carbocycles. The molecule has 0 amide bonds. The summed E-state index contributed by atoms with van der Waals surface area (Å²) in [6, 6.07) is 3.00. The number of hydrogen-bond acceptors (Lipinski definition) is 1. The largest absolute Gasteiger partial charge is 0.316 e.